The number of aliphatic hydroxyl groups is 1. The average Bonchev–Trinajstić information content (AvgIpc) is 2.69. The molecule has 0 atom stereocenters. The molecule has 0 aromatic carbocycles. The second-order valence-electron chi connectivity index (χ2n) is 3.80. The second kappa shape index (κ2) is 6.46. The molecular weight excluding hydrogens is 260 g/mol. The Bertz CT molecular complexity index is 442. The normalized spacial score (nSPS) is 12.2. The zero-order valence-electron chi connectivity index (χ0n) is 10.0. The van der Waals surface area contributed by atoms with Crippen LogP contribution in [0.15, 0.2) is 10.8 Å². The molecule has 7 heteroatoms. The summed E-state index contributed by atoms with van der Waals surface area (Å²) >= 11 is 1.56. The van der Waals surface area contributed by atoms with Crippen LogP contribution in [0.1, 0.15) is 17.5 Å². The Labute approximate surface area is 106 Å². The highest BCUT2D eigenvalue weighted by Crippen LogP contribution is 2.13. The zero-order chi connectivity index (χ0) is 12.9. The number of thiophene rings is 1. The molecule has 0 fully saturated rings. The van der Waals surface area contributed by atoms with Gasteiger partial charge in [-0.2, -0.15) is 28.8 Å². The summed E-state index contributed by atoms with van der Waals surface area (Å²) in [7, 11) is -1.95. The van der Waals surface area contributed by atoms with E-state index in [0.717, 1.165) is 11.1 Å². The van der Waals surface area contributed by atoms with Crippen LogP contribution in [0.4, 0.5) is 0 Å². The van der Waals surface area contributed by atoms with Gasteiger partial charge in [-0.15, -0.1) is 0 Å². The molecule has 1 heterocycles. The molecule has 17 heavy (non-hydrogen) atoms. The summed E-state index contributed by atoms with van der Waals surface area (Å²) < 4.78 is 27.3. The quantitative estimate of drug-likeness (QED) is 0.771. The van der Waals surface area contributed by atoms with E-state index in [1.165, 1.54) is 11.4 Å². The molecule has 2 N–H and O–H groups in total. The lowest BCUT2D eigenvalue weighted by Gasteiger charge is -2.17. The van der Waals surface area contributed by atoms with Crippen molar-refractivity contribution >= 4 is 21.5 Å². The minimum Gasteiger partial charge on any atom is -0.396 e. The Hall–Kier alpha value is -0.470. The van der Waals surface area contributed by atoms with Crippen LogP contribution in [0, 0.1) is 6.92 Å². The molecule has 0 bridgehead atoms. The van der Waals surface area contributed by atoms with Crippen LogP contribution in [0.2, 0.25) is 0 Å². The third-order valence-electron chi connectivity index (χ3n) is 2.45. The van der Waals surface area contributed by atoms with Crippen molar-refractivity contribution in [1.29, 1.82) is 0 Å². The first kappa shape index (κ1) is 14.6. The molecule has 0 aliphatic heterocycles. The minimum absolute atomic E-state index is 0.0104. The van der Waals surface area contributed by atoms with E-state index in [-0.39, 0.29) is 6.61 Å². The van der Waals surface area contributed by atoms with Crippen LogP contribution in [0.25, 0.3) is 0 Å². The summed E-state index contributed by atoms with van der Waals surface area (Å²) in [5.41, 5.74) is 2.09. The molecule has 0 saturated carbocycles. The van der Waals surface area contributed by atoms with E-state index in [1.807, 2.05) is 17.7 Å². The fourth-order valence-electron chi connectivity index (χ4n) is 1.26. The Balaban J connectivity index is 2.52. The van der Waals surface area contributed by atoms with Crippen LogP contribution in [0.5, 0.6) is 0 Å². The van der Waals surface area contributed by atoms with Gasteiger partial charge in [-0.1, -0.05) is 0 Å². The van der Waals surface area contributed by atoms with Crippen molar-refractivity contribution in [3.63, 3.8) is 0 Å². The van der Waals surface area contributed by atoms with Crippen LogP contribution in [-0.2, 0) is 16.8 Å². The monoisotopic (exact) mass is 278 g/mol. The van der Waals surface area contributed by atoms with Gasteiger partial charge in [0.15, 0.2) is 0 Å². The largest absolute Gasteiger partial charge is 0.396 e. The smallest absolute Gasteiger partial charge is 0.279 e. The maximum Gasteiger partial charge on any atom is 0.279 e. The molecule has 98 valence electrons. The van der Waals surface area contributed by atoms with Gasteiger partial charge in [-0.3, -0.25) is 0 Å². The molecule has 5 nitrogen and oxygen atoms in total. The first-order valence-electron chi connectivity index (χ1n) is 5.31. The van der Waals surface area contributed by atoms with Gasteiger partial charge in [0.1, 0.15) is 0 Å². The highest BCUT2D eigenvalue weighted by Gasteiger charge is 2.16. The number of rotatable bonds is 7. The SMILES string of the molecule is Cc1cscc1CNS(=O)(=O)N(C)CCCO. The van der Waals surface area contributed by atoms with Gasteiger partial charge in [-0.05, 0) is 35.2 Å². The average molecular weight is 278 g/mol. The van der Waals surface area contributed by atoms with Gasteiger partial charge < -0.3 is 5.11 Å². The van der Waals surface area contributed by atoms with E-state index < -0.39 is 10.2 Å². The third-order valence-corrected chi connectivity index (χ3v) is 4.87. The van der Waals surface area contributed by atoms with Crippen molar-refractivity contribution in [2.75, 3.05) is 20.2 Å². The van der Waals surface area contributed by atoms with E-state index in [0.29, 0.717) is 19.5 Å². The predicted octanol–water partition coefficient (Wildman–Crippen LogP) is 0.705. The van der Waals surface area contributed by atoms with Gasteiger partial charge in [0.25, 0.3) is 10.2 Å². The second-order valence-corrected chi connectivity index (χ2v) is 6.41. The van der Waals surface area contributed by atoms with E-state index in [9.17, 15) is 8.42 Å². The van der Waals surface area contributed by atoms with Crippen LogP contribution in [-0.4, -0.2) is 38.0 Å². The van der Waals surface area contributed by atoms with Gasteiger partial charge in [0.05, 0.1) is 0 Å². The standard InChI is InChI=1S/C10H18N2O3S2/c1-9-7-16-8-10(9)6-11-17(14,15)12(2)4-3-5-13/h7-8,11,13H,3-6H2,1-2H3. The summed E-state index contributed by atoms with van der Waals surface area (Å²) in [6.07, 6.45) is 0.439. The Kier molecular flexibility index (Phi) is 5.54. The summed E-state index contributed by atoms with van der Waals surface area (Å²) in [5, 5.41) is 12.6. The summed E-state index contributed by atoms with van der Waals surface area (Å²) in [5.74, 6) is 0. The third kappa shape index (κ3) is 4.36. The van der Waals surface area contributed by atoms with E-state index in [1.54, 1.807) is 11.3 Å². The van der Waals surface area contributed by atoms with Crippen molar-refractivity contribution in [3.05, 3.63) is 21.9 Å². The van der Waals surface area contributed by atoms with Crippen molar-refractivity contribution in [2.45, 2.75) is 19.9 Å². The van der Waals surface area contributed by atoms with Crippen LogP contribution >= 0.6 is 11.3 Å². The van der Waals surface area contributed by atoms with Gasteiger partial charge in [-0.25, -0.2) is 0 Å². The topological polar surface area (TPSA) is 69.6 Å². The predicted molar refractivity (Wildman–Crippen MR) is 69.1 cm³/mol. The molecule has 0 amide bonds. The summed E-state index contributed by atoms with van der Waals surface area (Å²) in [6.45, 7) is 2.56. The Morgan fingerprint density at radius 3 is 2.71 bits per heavy atom. The zero-order valence-corrected chi connectivity index (χ0v) is 11.6. The van der Waals surface area contributed by atoms with E-state index in [4.69, 9.17) is 5.11 Å². The highest BCUT2D eigenvalue weighted by molar-refractivity contribution is 7.87. The van der Waals surface area contributed by atoms with Crippen molar-refractivity contribution in [2.24, 2.45) is 0 Å². The molecule has 0 spiro atoms. The first-order valence-corrected chi connectivity index (χ1v) is 7.69. The molecule has 0 unspecified atom stereocenters. The Morgan fingerprint density at radius 1 is 1.47 bits per heavy atom. The number of nitrogens with one attached hydrogen (secondary N) is 1. The highest BCUT2D eigenvalue weighted by atomic mass is 32.2. The van der Waals surface area contributed by atoms with E-state index in [2.05, 4.69) is 4.72 Å². The number of aliphatic hydroxyl groups excluding tert-OH is 1. The first-order chi connectivity index (χ1) is 7.97. The molecular formula is C10H18N2O3S2. The minimum atomic E-state index is -3.45. The molecule has 1 rings (SSSR count). The molecule has 0 aliphatic rings. The number of aryl methyl sites for hydroxylation is 1. The van der Waals surface area contributed by atoms with Gasteiger partial charge in [0.2, 0.25) is 0 Å². The molecule has 1 aromatic heterocycles. The van der Waals surface area contributed by atoms with Crippen LogP contribution in [0.3, 0.4) is 0 Å². The van der Waals surface area contributed by atoms with Crippen LogP contribution < -0.4 is 4.72 Å². The number of hydrogen-bond donors (Lipinski definition) is 2. The summed E-state index contributed by atoms with van der Waals surface area (Å²) in [6, 6.07) is 0. The van der Waals surface area contributed by atoms with Crippen molar-refractivity contribution in [1.82, 2.24) is 9.03 Å². The Morgan fingerprint density at radius 2 is 2.18 bits per heavy atom. The molecule has 0 saturated heterocycles. The van der Waals surface area contributed by atoms with Gasteiger partial charge in [0, 0.05) is 26.7 Å². The maximum atomic E-state index is 11.8. The van der Waals surface area contributed by atoms with E-state index >= 15 is 0 Å². The fourth-order valence-corrected chi connectivity index (χ4v) is 3.05. The lowest BCUT2D eigenvalue weighted by Crippen LogP contribution is -2.38. The fraction of sp³-hybridized carbons (Fsp3) is 0.600. The molecule has 0 radical (unpaired) electrons. The maximum absolute atomic E-state index is 11.8. The molecule has 0 aliphatic carbocycles. The number of hydrogen-bond acceptors (Lipinski definition) is 4. The number of nitrogens with zero attached hydrogens (tertiary/aromatic N) is 1. The molecule has 1 aromatic rings. The van der Waals surface area contributed by atoms with Crippen molar-refractivity contribution < 1.29 is 13.5 Å². The van der Waals surface area contributed by atoms with Gasteiger partial charge >= 0.3 is 0 Å². The summed E-state index contributed by atoms with van der Waals surface area (Å²) in [4.78, 5) is 0. The lowest BCUT2D eigenvalue weighted by molar-refractivity contribution is 0.275. The lowest BCUT2D eigenvalue weighted by atomic mass is 10.2. The van der Waals surface area contributed by atoms with Crippen molar-refractivity contribution in [3.8, 4) is 0 Å².